The second-order valence-corrected chi connectivity index (χ2v) is 11.1. The van der Waals surface area contributed by atoms with E-state index < -0.39 is 6.04 Å². The molecule has 4 saturated carbocycles. The van der Waals surface area contributed by atoms with Crippen molar-refractivity contribution in [2.24, 2.45) is 23.2 Å². The van der Waals surface area contributed by atoms with Crippen LogP contribution in [0.25, 0.3) is 0 Å². The second kappa shape index (κ2) is 8.60. The molecule has 0 unspecified atom stereocenters. The molecule has 7 heteroatoms. The molecule has 1 aliphatic heterocycles. The SMILES string of the molecule is C[C@H](NC(=O)C12CC3CC(CC(C3)C1)C2)C(=O)N1CCN(Cc2c(F)cccc2Cl)CC1. The van der Waals surface area contributed by atoms with E-state index in [1.807, 2.05) is 11.8 Å². The summed E-state index contributed by atoms with van der Waals surface area (Å²) in [4.78, 5) is 30.3. The first kappa shape index (κ1) is 22.1. The number of rotatable bonds is 5. The number of nitrogens with one attached hydrogen (secondary N) is 1. The third-order valence-corrected chi connectivity index (χ3v) is 8.72. The van der Waals surface area contributed by atoms with Gasteiger partial charge in [-0.05, 0) is 75.3 Å². The summed E-state index contributed by atoms with van der Waals surface area (Å²) in [6.45, 7) is 4.71. The van der Waals surface area contributed by atoms with Crippen LogP contribution in [0.1, 0.15) is 51.0 Å². The Morgan fingerprint density at radius 3 is 2.25 bits per heavy atom. The molecular formula is C25H33ClFN3O2. The zero-order valence-electron chi connectivity index (χ0n) is 18.8. The zero-order chi connectivity index (χ0) is 22.5. The summed E-state index contributed by atoms with van der Waals surface area (Å²) in [5.41, 5.74) is 0.270. The molecule has 1 atom stereocenters. The smallest absolute Gasteiger partial charge is 0.244 e. The maximum atomic E-state index is 14.1. The fourth-order valence-electron chi connectivity index (χ4n) is 7.11. The quantitative estimate of drug-likeness (QED) is 0.724. The van der Waals surface area contributed by atoms with Crippen LogP contribution in [0.4, 0.5) is 4.39 Å². The summed E-state index contributed by atoms with van der Waals surface area (Å²) < 4.78 is 14.1. The van der Waals surface area contributed by atoms with Crippen LogP contribution in [0.15, 0.2) is 18.2 Å². The summed E-state index contributed by atoms with van der Waals surface area (Å²) >= 11 is 6.16. The Hall–Kier alpha value is -1.66. The molecule has 5 fully saturated rings. The summed E-state index contributed by atoms with van der Waals surface area (Å²) in [5.74, 6) is 1.89. The predicted molar refractivity (Wildman–Crippen MR) is 121 cm³/mol. The van der Waals surface area contributed by atoms with Crippen molar-refractivity contribution in [3.63, 3.8) is 0 Å². The molecule has 1 heterocycles. The Morgan fingerprint density at radius 1 is 1.09 bits per heavy atom. The molecule has 4 aliphatic carbocycles. The Balaban J connectivity index is 1.14. The van der Waals surface area contributed by atoms with E-state index in [0.29, 0.717) is 61.1 Å². The molecule has 1 aromatic carbocycles. The number of piperazine rings is 1. The van der Waals surface area contributed by atoms with E-state index in [9.17, 15) is 14.0 Å². The lowest BCUT2D eigenvalue weighted by Gasteiger charge is -2.55. The minimum Gasteiger partial charge on any atom is -0.344 e. The van der Waals surface area contributed by atoms with E-state index in [2.05, 4.69) is 10.2 Å². The maximum Gasteiger partial charge on any atom is 0.244 e. The third-order valence-electron chi connectivity index (χ3n) is 8.37. The van der Waals surface area contributed by atoms with Gasteiger partial charge >= 0.3 is 0 Å². The summed E-state index contributed by atoms with van der Waals surface area (Å²) in [7, 11) is 0. The standard InChI is InChI=1S/C25H33ClFN3O2/c1-16(28-24(32)25-12-17-9-18(13-25)11-19(10-17)14-25)23(31)30-7-5-29(6-8-30)15-20-21(26)3-2-4-22(20)27/h2-4,16-19H,5-15H2,1H3,(H,28,32)/t16-,17?,18?,19?,25?/m0/s1. The monoisotopic (exact) mass is 461 g/mol. The van der Waals surface area contributed by atoms with Crippen molar-refractivity contribution in [1.82, 2.24) is 15.1 Å². The second-order valence-electron chi connectivity index (χ2n) is 10.7. The molecule has 5 aliphatic rings. The average Bonchev–Trinajstić information content (AvgIpc) is 2.75. The summed E-state index contributed by atoms with van der Waals surface area (Å²) in [5, 5.41) is 3.52. The zero-order valence-corrected chi connectivity index (χ0v) is 19.5. The third kappa shape index (κ3) is 4.16. The van der Waals surface area contributed by atoms with Crippen LogP contribution in [0, 0.1) is 29.0 Å². The Kier molecular flexibility index (Phi) is 5.95. The normalized spacial score (nSPS) is 32.7. The van der Waals surface area contributed by atoms with Crippen LogP contribution in [-0.4, -0.2) is 53.8 Å². The number of hydrogen-bond donors (Lipinski definition) is 1. The van der Waals surface area contributed by atoms with Crippen molar-refractivity contribution in [2.45, 2.75) is 58.0 Å². The molecule has 1 N–H and O–H groups in total. The highest BCUT2D eigenvalue weighted by molar-refractivity contribution is 6.31. The molecule has 174 valence electrons. The molecule has 0 aromatic heterocycles. The topological polar surface area (TPSA) is 52.7 Å². The van der Waals surface area contributed by atoms with Crippen molar-refractivity contribution in [3.05, 3.63) is 34.6 Å². The van der Waals surface area contributed by atoms with E-state index in [1.165, 1.54) is 25.3 Å². The first-order valence-electron chi connectivity index (χ1n) is 12.1. The van der Waals surface area contributed by atoms with Crippen LogP contribution in [0.2, 0.25) is 5.02 Å². The number of nitrogens with zero attached hydrogens (tertiary/aromatic N) is 2. The molecule has 0 radical (unpaired) electrons. The van der Waals surface area contributed by atoms with Gasteiger partial charge in [0, 0.05) is 48.7 Å². The van der Waals surface area contributed by atoms with Gasteiger partial charge in [-0.2, -0.15) is 0 Å². The van der Waals surface area contributed by atoms with Crippen molar-refractivity contribution in [2.75, 3.05) is 26.2 Å². The van der Waals surface area contributed by atoms with Gasteiger partial charge in [-0.25, -0.2) is 4.39 Å². The van der Waals surface area contributed by atoms with Gasteiger partial charge in [0.05, 0.1) is 0 Å². The largest absolute Gasteiger partial charge is 0.344 e. The van der Waals surface area contributed by atoms with E-state index >= 15 is 0 Å². The lowest BCUT2D eigenvalue weighted by Crippen LogP contribution is -2.58. The highest BCUT2D eigenvalue weighted by Gasteiger charge is 2.54. The molecule has 2 amide bonds. The van der Waals surface area contributed by atoms with Crippen LogP contribution < -0.4 is 5.32 Å². The fourth-order valence-corrected chi connectivity index (χ4v) is 7.33. The van der Waals surface area contributed by atoms with Gasteiger partial charge in [-0.1, -0.05) is 17.7 Å². The van der Waals surface area contributed by atoms with E-state index in [-0.39, 0.29) is 23.0 Å². The van der Waals surface area contributed by atoms with Gasteiger partial charge in [-0.3, -0.25) is 14.5 Å². The number of carbonyl (C=O) groups is 2. The minimum absolute atomic E-state index is 0.0216. The minimum atomic E-state index is -0.511. The van der Waals surface area contributed by atoms with Crippen LogP contribution in [0.5, 0.6) is 0 Å². The van der Waals surface area contributed by atoms with Crippen LogP contribution >= 0.6 is 11.6 Å². The molecule has 1 saturated heterocycles. The first-order chi connectivity index (χ1) is 15.3. The van der Waals surface area contributed by atoms with Gasteiger partial charge in [-0.15, -0.1) is 0 Å². The highest BCUT2D eigenvalue weighted by atomic mass is 35.5. The Labute approximate surface area is 194 Å². The van der Waals surface area contributed by atoms with Crippen LogP contribution in [0.3, 0.4) is 0 Å². The number of halogens is 2. The van der Waals surface area contributed by atoms with Crippen molar-refractivity contribution in [1.29, 1.82) is 0 Å². The summed E-state index contributed by atoms with van der Waals surface area (Å²) in [6.07, 6.45) is 6.89. The van der Waals surface area contributed by atoms with E-state index in [4.69, 9.17) is 11.6 Å². The molecule has 0 spiro atoms. The molecule has 6 rings (SSSR count). The van der Waals surface area contributed by atoms with Crippen molar-refractivity contribution in [3.8, 4) is 0 Å². The van der Waals surface area contributed by atoms with Gasteiger partial charge in [0.15, 0.2) is 0 Å². The van der Waals surface area contributed by atoms with Gasteiger partial charge in [0.25, 0.3) is 0 Å². The Morgan fingerprint density at radius 2 is 1.69 bits per heavy atom. The van der Waals surface area contributed by atoms with Gasteiger partial charge < -0.3 is 10.2 Å². The lowest BCUT2D eigenvalue weighted by molar-refractivity contribution is -0.150. The van der Waals surface area contributed by atoms with Crippen molar-refractivity contribution >= 4 is 23.4 Å². The number of benzene rings is 1. The molecular weight excluding hydrogens is 429 g/mol. The van der Waals surface area contributed by atoms with Crippen molar-refractivity contribution < 1.29 is 14.0 Å². The molecule has 4 bridgehead atoms. The summed E-state index contributed by atoms with van der Waals surface area (Å²) in [6, 6.07) is 4.22. The molecule has 32 heavy (non-hydrogen) atoms. The highest BCUT2D eigenvalue weighted by Crippen LogP contribution is 2.60. The van der Waals surface area contributed by atoms with Crippen LogP contribution in [-0.2, 0) is 16.1 Å². The first-order valence-corrected chi connectivity index (χ1v) is 12.5. The number of carbonyl (C=O) groups excluding carboxylic acids is 2. The lowest BCUT2D eigenvalue weighted by atomic mass is 9.49. The molecule has 1 aromatic rings. The van der Waals surface area contributed by atoms with Gasteiger partial charge in [0.1, 0.15) is 11.9 Å². The number of hydrogen-bond acceptors (Lipinski definition) is 3. The maximum absolute atomic E-state index is 14.1. The average molecular weight is 462 g/mol. The predicted octanol–water partition coefficient (Wildman–Crippen LogP) is 3.84. The number of amides is 2. The van der Waals surface area contributed by atoms with E-state index in [0.717, 1.165) is 19.3 Å². The molecule has 5 nitrogen and oxygen atoms in total. The Bertz CT molecular complexity index is 844. The fraction of sp³-hybridized carbons (Fsp3) is 0.680. The van der Waals surface area contributed by atoms with E-state index in [1.54, 1.807) is 12.1 Å². The van der Waals surface area contributed by atoms with Gasteiger partial charge in [0.2, 0.25) is 11.8 Å².